The van der Waals surface area contributed by atoms with Crippen LogP contribution < -0.4 is 11.1 Å². The molecule has 0 bridgehead atoms. The Hall–Kier alpha value is -0.610. The van der Waals surface area contributed by atoms with Crippen molar-refractivity contribution in [3.63, 3.8) is 0 Å². The average molecular weight is 295 g/mol. The third-order valence-electron chi connectivity index (χ3n) is 5.12. The first kappa shape index (κ1) is 16.8. The molecule has 0 radical (unpaired) electrons. The molecular weight excluding hydrogens is 262 g/mol. The first-order valence-corrected chi connectivity index (χ1v) is 8.98. The molecule has 4 heteroatoms. The second kappa shape index (κ2) is 9.42. The minimum Gasteiger partial charge on any atom is -0.355 e. The van der Waals surface area contributed by atoms with E-state index >= 15 is 0 Å². The Balaban J connectivity index is 1.51. The van der Waals surface area contributed by atoms with Gasteiger partial charge >= 0.3 is 0 Å². The summed E-state index contributed by atoms with van der Waals surface area (Å²) >= 11 is 0. The van der Waals surface area contributed by atoms with E-state index in [2.05, 4.69) is 10.2 Å². The highest BCUT2D eigenvalue weighted by atomic mass is 16.1. The van der Waals surface area contributed by atoms with Crippen molar-refractivity contribution in [3.05, 3.63) is 0 Å². The summed E-state index contributed by atoms with van der Waals surface area (Å²) in [7, 11) is 0. The lowest BCUT2D eigenvalue weighted by atomic mass is 9.84. The molecule has 122 valence electrons. The highest BCUT2D eigenvalue weighted by Crippen LogP contribution is 2.26. The van der Waals surface area contributed by atoms with E-state index in [1.807, 2.05) is 0 Å². The van der Waals surface area contributed by atoms with Crippen LogP contribution in [0.2, 0.25) is 0 Å². The van der Waals surface area contributed by atoms with Crippen LogP contribution in [0.5, 0.6) is 0 Å². The zero-order valence-corrected chi connectivity index (χ0v) is 13.5. The fraction of sp³-hybridized carbons (Fsp3) is 0.941. The molecule has 0 aromatic heterocycles. The first-order chi connectivity index (χ1) is 10.2. The molecule has 2 rings (SSSR count). The molecule has 0 aromatic rings. The highest BCUT2D eigenvalue weighted by Gasteiger charge is 2.19. The summed E-state index contributed by atoms with van der Waals surface area (Å²) in [4.78, 5) is 14.4. The van der Waals surface area contributed by atoms with Crippen molar-refractivity contribution in [1.29, 1.82) is 0 Å². The second-order valence-corrected chi connectivity index (χ2v) is 6.93. The number of hydrogen-bond acceptors (Lipinski definition) is 3. The second-order valence-electron chi connectivity index (χ2n) is 6.93. The van der Waals surface area contributed by atoms with E-state index in [9.17, 15) is 4.79 Å². The fourth-order valence-electron chi connectivity index (χ4n) is 3.61. The van der Waals surface area contributed by atoms with Crippen molar-refractivity contribution in [2.45, 2.75) is 70.3 Å². The number of nitrogens with zero attached hydrogens (tertiary/aromatic N) is 1. The number of hydrogen-bond donors (Lipinski definition) is 2. The number of nitrogens with two attached hydrogens (primary N) is 1. The Kier molecular flexibility index (Phi) is 7.51. The van der Waals surface area contributed by atoms with E-state index in [0.29, 0.717) is 12.5 Å². The molecule has 21 heavy (non-hydrogen) atoms. The quantitative estimate of drug-likeness (QED) is 0.790. The summed E-state index contributed by atoms with van der Waals surface area (Å²) in [5.74, 6) is 0.959. The number of rotatable bonds is 6. The van der Waals surface area contributed by atoms with Gasteiger partial charge in [-0.2, -0.15) is 0 Å². The van der Waals surface area contributed by atoms with E-state index in [1.54, 1.807) is 0 Å². The Bertz CT molecular complexity index is 292. The zero-order chi connectivity index (χ0) is 14.9. The van der Waals surface area contributed by atoms with Crippen molar-refractivity contribution in [1.82, 2.24) is 10.2 Å². The highest BCUT2D eigenvalue weighted by molar-refractivity contribution is 5.75. The van der Waals surface area contributed by atoms with Gasteiger partial charge in [0.1, 0.15) is 0 Å². The third kappa shape index (κ3) is 6.79. The van der Waals surface area contributed by atoms with E-state index in [1.165, 1.54) is 51.6 Å². The largest absolute Gasteiger partial charge is 0.355 e. The molecule has 1 saturated heterocycles. The molecule has 4 nitrogen and oxygen atoms in total. The van der Waals surface area contributed by atoms with Gasteiger partial charge in [-0.1, -0.05) is 12.8 Å². The van der Waals surface area contributed by atoms with Gasteiger partial charge in [-0.05, 0) is 64.0 Å². The van der Waals surface area contributed by atoms with Gasteiger partial charge in [-0.3, -0.25) is 4.79 Å². The number of amides is 1. The molecule has 0 spiro atoms. The number of likely N-dealkylation sites (tertiary alicyclic amines) is 1. The topological polar surface area (TPSA) is 58.4 Å². The summed E-state index contributed by atoms with van der Waals surface area (Å²) in [6.07, 6.45) is 11.8. The van der Waals surface area contributed by atoms with Crippen LogP contribution >= 0.6 is 0 Å². The van der Waals surface area contributed by atoms with E-state index in [0.717, 1.165) is 38.3 Å². The smallest absolute Gasteiger partial charge is 0.220 e. The molecule has 1 aliphatic heterocycles. The van der Waals surface area contributed by atoms with Crippen molar-refractivity contribution in [3.8, 4) is 0 Å². The average Bonchev–Trinajstić information content (AvgIpc) is 2.75. The van der Waals surface area contributed by atoms with Crippen LogP contribution in [0.4, 0.5) is 0 Å². The van der Waals surface area contributed by atoms with Crippen LogP contribution in [0.25, 0.3) is 0 Å². The number of carbonyl (C=O) groups is 1. The van der Waals surface area contributed by atoms with Crippen LogP contribution in [0.15, 0.2) is 0 Å². The van der Waals surface area contributed by atoms with Crippen LogP contribution in [0.3, 0.4) is 0 Å². The molecular formula is C17H33N3O. The van der Waals surface area contributed by atoms with E-state index < -0.39 is 0 Å². The SMILES string of the molecule is NC1CCC(CCC(=O)NCCN2CCCCCC2)CC1. The van der Waals surface area contributed by atoms with Crippen molar-refractivity contribution in [2.75, 3.05) is 26.2 Å². The monoisotopic (exact) mass is 295 g/mol. The Morgan fingerprint density at radius 1 is 1.05 bits per heavy atom. The van der Waals surface area contributed by atoms with Gasteiger partial charge in [0.25, 0.3) is 0 Å². The van der Waals surface area contributed by atoms with Crippen LogP contribution in [-0.2, 0) is 4.79 Å². The lowest BCUT2D eigenvalue weighted by molar-refractivity contribution is -0.121. The summed E-state index contributed by atoms with van der Waals surface area (Å²) in [5, 5.41) is 3.09. The maximum Gasteiger partial charge on any atom is 0.220 e. The van der Waals surface area contributed by atoms with Crippen LogP contribution in [0.1, 0.15) is 64.2 Å². The zero-order valence-electron chi connectivity index (χ0n) is 13.5. The third-order valence-corrected chi connectivity index (χ3v) is 5.12. The van der Waals surface area contributed by atoms with Crippen molar-refractivity contribution >= 4 is 5.91 Å². The van der Waals surface area contributed by atoms with E-state index in [-0.39, 0.29) is 5.91 Å². The predicted octanol–water partition coefficient (Wildman–Crippen LogP) is 2.28. The summed E-state index contributed by atoms with van der Waals surface area (Å²) in [5.41, 5.74) is 5.92. The Morgan fingerprint density at radius 3 is 2.38 bits per heavy atom. The van der Waals surface area contributed by atoms with Crippen LogP contribution in [0, 0.1) is 5.92 Å². The lowest BCUT2D eigenvalue weighted by Crippen LogP contribution is -2.35. The maximum atomic E-state index is 11.9. The van der Waals surface area contributed by atoms with Crippen LogP contribution in [-0.4, -0.2) is 43.0 Å². The molecule has 3 N–H and O–H groups in total. The van der Waals surface area contributed by atoms with Crippen molar-refractivity contribution in [2.24, 2.45) is 11.7 Å². The molecule has 0 atom stereocenters. The minimum atomic E-state index is 0.236. The molecule has 1 saturated carbocycles. The molecule has 2 fully saturated rings. The molecule has 0 aromatic carbocycles. The molecule has 0 unspecified atom stereocenters. The van der Waals surface area contributed by atoms with Crippen molar-refractivity contribution < 1.29 is 4.79 Å². The Labute approximate surface area is 129 Å². The van der Waals surface area contributed by atoms with Gasteiger partial charge in [-0.15, -0.1) is 0 Å². The summed E-state index contributed by atoms with van der Waals surface area (Å²) in [6.45, 7) is 4.24. The summed E-state index contributed by atoms with van der Waals surface area (Å²) < 4.78 is 0. The summed E-state index contributed by atoms with van der Waals surface area (Å²) in [6, 6.07) is 0.406. The van der Waals surface area contributed by atoms with Gasteiger partial charge in [0.2, 0.25) is 5.91 Å². The lowest BCUT2D eigenvalue weighted by Gasteiger charge is -2.25. The first-order valence-electron chi connectivity index (χ1n) is 8.98. The van der Waals surface area contributed by atoms with Gasteiger partial charge in [0, 0.05) is 25.6 Å². The molecule has 1 heterocycles. The fourth-order valence-corrected chi connectivity index (χ4v) is 3.61. The van der Waals surface area contributed by atoms with Gasteiger partial charge < -0.3 is 16.0 Å². The molecule has 2 aliphatic rings. The number of nitrogens with one attached hydrogen (secondary N) is 1. The normalized spacial score (nSPS) is 28.0. The Morgan fingerprint density at radius 2 is 1.71 bits per heavy atom. The predicted molar refractivity (Wildman–Crippen MR) is 87.1 cm³/mol. The minimum absolute atomic E-state index is 0.236. The van der Waals surface area contributed by atoms with Gasteiger partial charge in [0.05, 0.1) is 0 Å². The standard InChI is InChI=1S/C17H33N3O/c18-16-8-5-15(6-9-16)7-10-17(21)19-11-14-20-12-3-1-2-4-13-20/h15-16H,1-14,18H2,(H,19,21). The van der Waals surface area contributed by atoms with Gasteiger partial charge in [-0.25, -0.2) is 0 Å². The van der Waals surface area contributed by atoms with Gasteiger partial charge in [0.15, 0.2) is 0 Å². The molecule has 1 aliphatic carbocycles. The number of carbonyl (C=O) groups excluding carboxylic acids is 1. The van der Waals surface area contributed by atoms with E-state index in [4.69, 9.17) is 5.73 Å². The molecule has 1 amide bonds. The maximum absolute atomic E-state index is 11.9.